The number of hydrogen-bond acceptors (Lipinski definition) is 2. The Kier molecular flexibility index (Phi) is 3.34. The zero-order valence-corrected chi connectivity index (χ0v) is 10.5. The van der Waals surface area contributed by atoms with E-state index in [2.05, 4.69) is 32.0 Å². The van der Waals surface area contributed by atoms with Crippen LogP contribution in [-0.4, -0.2) is 11.2 Å². The molecule has 1 atom stereocenters. The van der Waals surface area contributed by atoms with Crippen molar-refractivity contribution in [3.63, 3.8) is 0 Å². The number of aryl methyl sites for hydroxylation is 2. The molecule has 0 saturated carbocycles. The van der Waals surface area contributed by atoms with Crippen LogP contribution < -0.4 is 0 Å². The zero-order valence-electron chi connectivity index (χ0n) is 10.5. The van der Waals surface area contributed by atoms with Gasteiger partial charge in [-0.3, -0.25) is 0 Å². The van der Waals surface area contributed by atoms with E-state index < -0.39 is 0 Å². The van der Waals surface area contributed by atoms with Gasteiger partial charge in [0.15, 0.2) is 0 Å². The van der Waals surface area contributed by atoms with Crippen molar-refractivity contribution in [3.8, 4) is 11.3 Å². The summed E-state index contributed by atoms with van der Waals surface area (Å²) in [6.07, 6.45) is 0.192. The molecule has 2 heteroatoms. The van der Waals surface area contributed by atoms with Gasteiger partial charge in [-0.1, -0.05) is 17.7 Å². The van der Waals surface area contributed by atoms with E-state index in [0.29, 0.717) is 6.42 Å². The highest BCUT2D eigenvalue weighted by Crippen LogP contribution is 2.26. The number of aliphatic hydroxyl groups excluding tert-OH is 1. The average Bonchev–Trinajstić information content (AvgIpc) is 2.69. The van der Waals surface area contributed by atoms with Crippen molar-refractivity contribution in [3.05, 3.63) is 47.2 Å². The average molecular weight is 230 g/mol. The number of aliphatic hydroxyl groups is 1. The minimum absolute atomic E-state index is 0.368. The van der Waals surface area contributed by atoms with Gasteiger partial charge in [-0.25, -0.2) is 0 Å². The molecule has 0 bridgehead atoms. The predicted molar refractivity (Wildman–Crippen MR) is 69.0 cm³/mol. The van der Waals surface area contributed by atoms with Crippen molar-refractivity contribution in [1.29, 1.82) is 0 Å². The van der Waals surface area contributed by atoms with Crippen molar-refractivity contribution in [2.24, 2.45) is 0 Å². The number of rotatable bonds is 3. The molecule has 2 rings (SSSR count). The van der Waals surface area contributed by atoms with Gasteiger partial charge in [0, 0.05) is 12.0 Å². The van der Waals surface area contributed by atoms with Crippen LogP contribution in [0, 0.1) is 13.8 Å². The molecule has 0 aliphatic heterocycles. The summed E-state index contributed by atoms with van der Waals surface area (Å²) in [6, 6.07) is 10.2. The van der Waals surface area contributed by atoms with Crippen LogP contribution in [0.25, 0.3) is 11.3 Å². The van der Waals surface area contributed by atoms with Crippen LogP contribution in [0.3, 0.4) is 0 Å². The third-order valence-electron chi connectivity index (χ3n) is 2.82. The standard InChI is InChI=1S/C15H18O2/c1-10-4-5-11(2)14(8-10)15-7-6-13(17-15)9-12(3)16/h4-8,12,16H,9H2,1-3H3. The molecule has 0 amide bonds. The Morgan fingerprint density at radius 1 is 1.18 bits per heavy atom. The fourth-order valence-corrected chi connectivity index (χ4v) is 1.92. The van der Waals surface area contributed by atoms with Crippen molar-refractivity contribution in [2.75, 3.05) is 0 Å². The molecule has 0 spiro atoms. The van der Waals surface area contributed by atoms with Crippen LogP contribution in [-0.2, 0) is 6.42 Å². The van der Waals surface area contributed by atoms with Gasteiger partial charge in [0.25, 0.3) is 0 Å². The third-order valence-corrected chi connectivity index (χ3v) is 2.82. The van der Waals surface area contributed by atoms with E-state index in [0.717, 1.165) is 17.1 Å². The maximum atomic E-state index is 9.32. The molecule has 1 N–H and O–H groups in total. The van der Waals surface area contributed by atoms with Gasteiger partial charge in [0.1, 0.15) is 11.5 Å². The molecule has 0 radical (unpaired) electrons. The van der Waals surface area contributed by atoms with E-state index in [1.54, 1.807) is 6.92 Å². The molecule has 2 nitrogen and oxygen atoms in total. The molecule has 0 aliphatic carbocycles. The first-order chi connectivity index (χ1) is 8.06. The molecule has 0 saturated heterocycles. The van der Waals surface area contributed by atoms with Crippen molar-refractivity contribution in [2.45, 2.75) is 33.3 Å². The highest BCUT2D eigenvalue weighted by atomic mass is 16.3. The summed E-state index contributed by atoms with van der Waals surface area (Å²) >= 11 is 0. The van der Waals surface area contributed by atoms with E-state index in [-0.39, 0.29) is 6.10 Å². The Labute approximate surface area is 102 Å². The SMILES string of the molecule is Cc1ccc(C)c(-c2ccc(CC(C)O)o2)c1. The van der Waals surface area contributed by atoms with Crippen LogP contribution in [0.15, 0.2) is 34.7 Å². The molecular formula is C15H18O2. The second kappa shape index (κ2) is 4.76. The Morgan fingerprint density at radius 2 is 1.94 bits per heavy atom. The molecule has 17 heavy (non-hydrogen) atoms. The summed E-state index contributed by atoms with van der Waals surface area (Å²) in [4.78, 5) is 0. The molecule has 1 aromatic carbocycles. The van der Waals surface area contributed by atoms with Crippen LogP contribution in [0.4, 0.5) is 0 Å². The molecule has 0 fully saturated rings. The summed E-state index contributed by atoms with van der Waals surface area (Å²) in [5.41, 5.74) is 3.55. The lowest BCUT2D eigenvalue weighted by molar-refractivity contribution is 0.187. The number of furan rings is 1. The van der Waals surface area contributed by atoms with Crippen molar-refractivity contribution in [1.82, 2.24) is 0 Å². The normalized spacial score (nSPS) is 12.7. The fourth-order valence-electron chi connectivity index (χ4n) is 1.92. The smallest absolute Gasteiger partial charge is 0.134 e. The quantitative estimate of drug-likeness (QED) is 0.875. The van der Waals surface area contributed by atoms with Gasteiger partial charge in [0.05, 0.1) is 6.10 Å². The first kappa shape index (κ1) is 11.9. The molecule has 0 aliphatic rings. The summed E-state index contributed by atoms with van der Waals surface area (Å²) in [5.74, 6) is 1.71. The number of benzene rings is 1. The van der Waals surface area contributed by atoms with E-state index in [1.165, 1.54) is 11.1 Å². The maximum absolute atomic E-state index is 9.32. The van der Waals surface area contributed by atoms with E-state index >= 15 is 0 Å². The molecule has 2 aromatic rings. The minimum Gasteiger partial charge on any atom is -0.461 e. The van der Waals surface area contributed by atoms with Gasteiger partial charge >= 0.3 is 0 Å². The second-order valence-electron chi connectivity index (χ2n) is 4.64. The topological polar surface area (TPSA) is 33.4 Å². The first-order valence-corrected chi connectivity index (χ1v) is 5.90. The Bertz CT molecular complexity index is 509. The Balaban J connectivity index is 2.33. The van der Waals surface area contributed by atoms with Crippen LogP contribution in [0.5, 0.6) is 0 Å². The lowest BCUT2D eigenvalue weighted by Crippen LogP contribution is -2.02. The van der Waals surface area contributed by atoms with Crippen molar-refractivity contribution >= 4 is 0 Å². The maximum Gasteiger partial charge on any atom is 0.134 e. The molecular weight excluding hydrogens is 212 g/mol. The minimum atomic E-state index is -0.368. The van der Waals surface area contributed by atoms with Crippen LogP contribution in [0.1, 0.15) is 23.8 Å². The second-order valence-corrected chi connectivity index (χ2v) is 4.64. The van der Waals surface area contributed by atoms with Crippen LogP contribution >= 0.6 is 0 Å². The molecule has 1 aromatic heterocycles. The highest BCUT2D eigenvalue weighted by Gasteiger charge is 2.09. The Morgan fingerprint density at radius 3 is 2.65 bits per heavy atom. The summed E-state index contributed by atoms with van der Waals surface area (Å²) in [5, 5.41) is 9.32. The van der Waals surface area contributed by atoms with Crippen LogP contribution in [0.2, 0.25) is 0 Å². The van der Waals surface area contributed by atoms with E-state index in [1.807, 2.05) is 12.1 Å². The lowest BCUT2D eigenvalue weighted by Gasteiger charge is -2.04. The van der Waals surface area contributed by atoms with E-state index in [9.17, 15) is 5.11 Å². The predicted octanol–water partition coefficient (Wildman–Crippen LogP) is 3.49. The largest absolute Gasteiger partial charge is 0.461 e. The first-order valence-electron chi connectivity index (χ1n) is 5.90. The van der Waals surface area contributed by atoms with Gasteiger partial charge in [-0.2, -0.15) is 0 Å². The van der Waals surface area contributed by atoms with Crippen molar-refractivity contribution < 1.29 is 9.52 Å². The number of hydrogen-bond donors (Lipinski definition) is 1. The fraction of sp³-hybridized carbons (Fsp3) is 0.333. The van der Waals surface area contributed by atoms with E-state index in [4.69, 9.17) is 4.42 Å². The molecule has 1 unspecified atom stereocenters. The van der Waals surface area contributed by atoms with Gasteiger partial charge in [-0.15, -0.1) is 0 Å². The molecule has 1 heterocycles. The van der Waals surface area contributed by atoms with Gasteiger partial charge in [0.2, 0.25) is 0 Å². The monoisotopic (exact) mass is 230 g/mol. The molecule has 90 valence electrons. The lowest BCUT2D eigenvalue weighted by atomic mass is 10.0. The van der Waals surface area contributed by atoms with Gasteiger partial charge < -0.3 is 9.52 Å². The summed E-state index contributed by atoms with van der Waals surface area (Å²) < 4.78 is 5.76. The Hall–Kier alpha value is -1.54. The third kappa shape index (κ3) is 2.77. The highest BCUT2D eigenvalue weighted by molar-refractivity contribution is 5.63. The summed E-state index contributed by atoms with van der Waals surface area (Å²) in [7, 11) is 0. The summed E-state index contributed by atoms with van der Waals surface area (Å²) in [6.45, 7) is 5.91. The van der Waals surface area contributed by atoms with Gasteiger partial charge in [-0.05, 0) is 44.5 Å². The zero-order chi connectivity index (χ0) is 12.4.